The van der Waals surface area contributed by atoms with Crippen molar-refractivity contribution in [2.24, 2.45) is 5.92 Å². The quantitative estimate of drug-likeness (QED) is 0.770. The molecule has 0 amide bonds. The third-order valence-corrected chi connectivity index (χ3v) is 2.89. The molecule has 19 heavy (non-hydrogen) atoms. The molecule has 2 rings (SSSR count). The van der Waals surface area contributed by atoms with E-state index in [1.54, 1.807) is 17.1 Å². The van der Waals surface area contributed by atoms with Crippen molar-refractivity contribution in [2.75, 3.05) is 0 Å². The third kappa shape index (κ3) is 3.24. The van der Waals surface area contributed by atoms with E-state index in [1.807, 2.05) is 13.0 Å². The van der Waals surface area contributed by atoms with Gasteiger partial charge in [-0.05, 0) is 24.5 Å². The molecule has 0 fully saturated rings. The van der Waals surface area contributed by atoms with Crippen LogP contribution in [0.15, 0.2) is 24.8 Å². The summed E-state index contributed by atoms with van der Waals surface area (Å²) in [5.74, 6) is 1.21. The highest BCUT2D eigenvalue weighted by molar-refractivity contribution is 5.98. The number of aromatic nitrogens is 4. The number of aryl methyl sites for hydroxylation is 1. The summed E-state index contributed by atoms with van der Waals surface area (Å²) in [5.41, 5.74) is 1.59. The minimum Gasteiger partial charge on any atom is -0.294 e. The van der Waals surface area contributed by atoms with E-state index in [2.05, 4.69) is 28.9 Å². The van der Waals surface area contributed by atoms with Crippen LogP contribution in [0, 0.1) is 12.8 Å². The van der Waals surface area contributed by atoms with E-state index in [0.717, 1.165) is 12.1 Å². The third-order valence-electron chi connectivity index (χ3n) is 2.89. The average Bonchev–Trinajstić information content (AvgIpc) is 2.76. The van der Waals surface area contributed by atoms with Gasteiger partial charge in [0.1, 0.15) is 12.2 Å². The summed E-state index contributed by atoms with van der Waals surface area (Å²) in [5, 5.41) is 4.16. The molecule has 2 aromatic heterocycles. The van der Waals surface area contributed by atoms with Gasteiger partial charge in [0.15, 0.2) is 5.78 Å². The molecule has 0 atom stereocenters. The Morgan fingerprint density at radius 1 is 1.42 bits per heavy atom. The van der Waals surface area contributed by atoms with E-state index in [-0.39, 0.29) is 12.2 Å². The fourth-order valence-corrected chi connectivity index (χ4v) is 1.92. The first-order chi connectivity index (χ1) is 9.08. The number of pyridine rings is 1. The molecule has 0 aliphatic heterocycles. The summed E-state index contributed by atoms with van der Waals surface area (Å²) in [7, 11) is 0. The Morgan fingerprint density at radius 2 is 2.21 bits per heavy atom. The molecule has 0 bridgehead atoms. The van der Waals surface area contributed by atoms with Crippen molar-refractivity contribution >= 4 is 5.78 Å². The van der Waals surface area contributed by atoms with Gasteiger partial charge in [0.2, 0.25) is 0 Å². The lowest BCUT2D eigenvalue weighted by Gasteiger charge is -2.08. The Hall–Kier alpha value is -2.04. The molecule has 0 N–H and O–H groups in total. The number of hydrogen-bond acceptors (Lipinski definition) is 4. The van der Waals surface area contributed by atoms with Crippen LogP contribution >= 0.6 is 0 Å². The Morgan fingerprint density at radius 3 is 2.89 bits per heavy atom. The minimum atomic E-state index is 0.0311. The van der Waals surface area contributed by atoms with Crippen LogP contribution in [0.5, 0.6) is 0 Å². The maximum atomic E-state index is 12.2. The zero-order valence-electron chi connectivity index (χ0n) is 11.5. The second-order valence-electron chi connectivity index (χ2n) is 5.04. The van der Waals surface area contributed by atoms with Crippen molar-refractivity contribution in [3.63, 3.8) is 0 Å². The highest BCUT2D eigenvalue weighted by Crippen LogP contribution is 2.10. The molecule has 0 aromatic carbocycles. The van der Waals surface area contributed by atoms with Crippen molar-refractivity contribution in [3.05, 3.63) is 41.7 Å². The standard InChI is InChI=1S/C14H18N4O/c1-10(2)8-18-14(16-9-17-18)6-13(19)12-7-15-5-4-11(12)3/h4-5,7,9-10H,6,8H2,1-3H3. The summed E-state index contributed by atoms with van der Waals surface area (Å²) in [6.45, 7) is 6.90. The topological polar surface area (TPSA) is 60.7 Å². The van der Waals surface area contributed by atoms with Crippen LogP contribution < -0.4 is 0 Å². The maximum Gasteiger partial charge on any atom is 0.172 e. The van der Waals surface area contributed by atoms with Crippen LogP contribution in [0.4, 0.5) is 0 Å². The molecule has 0 aliphatic rings. The highest BCUT2D eigenvalue weighted by atomic mass is 16.1. The zero-order chi connectivity index (χ0) is 13.8. The largest absolute Gasteiger partial charge is 0.294 e. The van der Waals surface area contributed by atoms with Gasteiger partial charge in [0.25, 0.3) is 0 Å². The predicted octanol–water partition coefficient (Wildman–Crippen LogP) is 2.06. The van der Waals surface area contributed by atoms with Crippen molar-refractivity contribution < 1.29 is 4.79 Å². The van der Waals surface area contributed by atoms with Gasteiger partial charge < -0.3 is 0 Å². The van der Waals surface area contributed by atoms with Gasteiger partial charge in [-0.2, -0.15) is 5.10 Å². The van der Waals surface area contributed by atoms with Crippen molar-refractivity contribution in [1.29, 1.82) is 0 Å². The fraction of sp³-hybridized carbons (Fsp3) is 0.429. The molecule has 0 saturated carbocycles. The van der Waals surface area contributed by atoms with E-state index < -0.39 is 0 Å². The Labute approximate surface area is 112 Å². The van der Waals surface area contributed by atoms with Crippen molar-refractivity contribution in [1.82, 2.24) is 19.7 Å². The van der Waals surface area contributed by atoms with E-state index in [0.29, 0.717) is 17.3 Å². The average molecular weight is 258 g/mol. The summed E-state index contributed by atoms with van der Waals surface area (Å²) >= 11 is 0. The van der Waals surface area contributed by atoms with Crippen LogP contribution in [-0.4, -0.2) is 25.5 Å². The Bertz CT molecular complexity index is 574. The number of carbonyl (C=O) groups excluding carboxylic acids is 1. The minimum absolute atomic E-state index is 0.0311. The molecule has 0 saturated heterocycles. The first-order valence-corrected chi connectivity index (χ1v) is 6.38. The Kier molecular flexibility index (Phi) is 4.04. The van der Waals surface area contributed by atoms with Gasteiger partial charge >= 0.3 is 0 Å². The van der Waals surface area contributed by atoms with Crippen LogP contribution in [0.2, 0.25) is 0 Å². The lowest BCUT2D eigenvalue weighted by atomic mass is 10.1. The number of Topliss-reactive ketones (excluding diaryl/α,β-unsaturated/α-hetero) is 1. The summed E-state index contributed by atoms with van der Waals surface area (Å²) in [6.07, 6.45) is 5.06. The molecule has 2 heterocycles. The number of hydrogen-bond donors (Lipinski definition) is 0. The monoisotopic (exact) mass is 258 g/mol. The van der Waals surface area contributed by atoms with Crippen molar-refractivity contribution in [2.45, 2.75) is 33.7 Å². The van der Waals surface area contributed by atoms with E-state index in [4.69, 9.17) is 0 Å². The molecule has 2 aromatic rings. The predicted molar refractivity (Wildman–Crippen MR) is 71.9 cm³/mol. The number of nitrogens with zero attached hydrogens (tertiary/aromatic N) is 4. The van der Waals surface area contributed by atoms with Crippen LogP contribution in [0.3, 0.4) is 0 Å². The number of carbonyl (C=O) groups is 1. The van der Waals surface area contributed by atoms with Crippen molar-refractivity contribution in [3.8, 4) is 0 Å². The van der Waals surface area contributed by atoms with Crippen LogP contribution in [0.25, 0.3) is 0 Å². The van der Waals surface area contributed by atoms with Crippen LogP contribution in [-0.2, 0) is 13.0 Å². The van der Waals surface area contributed by atoms with Gasteiger partial charge in [-0.1, -0.05) is 13.8 Å². The normalized spacial score (nSPS) is 10.9. The molecule has 100 valence electrons. The smallest absolute Gasteiger partial charge is 0.172 e. The summed E-state index contributed by atoms with van der Waals surface area (Å²) < 4.78 is 1.80. The first kappa shape index (κ1) is 13.4. The van der Waals surface area contributed by atoms with Gasteiger partial charge in [-0.25, -0.2) is 9.67 Å². The van der Waals surface area contributed by atoms with Crippen LogP contribution in [0.1, 0.15) is 35.6 Å². The molecule has 5 heteroatoms. The molecule has 5 nitrogen and oxygen atoms in total. The zero-order valence-corrected chi connectivity index (χ0v) is 11.5. The van der Waals surface area contributed by atoms with Gasteiger partial charge in [0.05, 0.1) is 6.42 Å². The summed E-state index contributed by atoms with van der Waals surface area (Å²) in [4.78, 5) is 20.4. The second kappa shape index (κ2) is 5.73. The molecule has 0 spiro atoms. The first-order valence-electron chi connectivity index (χ1n) is 6.38. The number of rotatable bonds is 5. The maximum absolute atomic E-state index is 12.2. The lowest BCUT2D eigenvalue weighted by Crippen LogP contribution is -2.15. The summed E-state index contributed by atoms with van der Waals surface area (Å²) in [6, 6.07) is 1.84. The molecule has 0 aliphatic carbocycles. The fourth-order valence-electron chi connectivity index (χ4n) is 1.92. The molecule has 0 unspecified atom stereocenters. The molecular formula is C14H18N4O. The van der Waals surface area contributed by atoms with E-state index in [9.17, 15) is 4.79 Å². The number of ketones is 1. The molecule has 0 radical (unpaired) electrons. The van der Waals surface area contributed by atoms with Gasteiger partial charge in [0, 0.05) is 24.5 Å². The van der Waals surface area contributed by atoms with E-state index >= 15 is 0 Å². The second-order valence-corrected chi connectivity index (χ2v) is 5.04. The van der Waals surface area contributed by atoms with Gasteiger partial charge in [-0.3, -0.25) is 9.78 Å². The lowest BCUT2D eigenvalue weighted by molar-refractivity contribution is 0.0988. The SMILES string of the molecule is Cc1ccncc1C(=O)Cc1ncnn1CC(C)C. The van der Waals surface area contributed by atoms with E-state index in [1.165, 1.54) is 6.33 Å². The molecular weight excluding hydrogens is 240 g/mol. The highest BCUT2D eigenvalue weighted by Gasteiger charge is 2.14. The Balaban J connectivity index is 2.16. The van der Waals surface area contributed by atoms with Gasteiger partial charge in [-0.15, -0.1) is 0 Å².